The van der Waals surface area contributed by atoms with E-state index in [9.17, 15) is 9.90 Å². The van der Waals surface area contributed by atoms with E-state index in [-0.39, 0.29) is 11.5 Å². The zero-order valence-electron chi connectivity index (χ0n) is 19.5. The lowest BCUT2D eigenvalue weighted by Gasteiger charge is -2.30. The number of hydrogen-bond donors (Lipinski definition) is 3. The quantitative estimate of drug-likeness (QED) is 0.502. The maximum atomic E-state index is 12.3. The third kappa shape index (κ3) is 4.66. The molecule has 4 rings (SSSR count). The van der Waals surface area contributed by atoms with E-state index in [1.54, 1.807) is 0 Å². The normalized spacial score (nSPS) is 16.5. The number of tetrazole rings is 1. The van der Waals surface area contributed by atoms with Crippen LogP contribution in [0.3, 0.4) is 0 Å². The number of hydrogen-bond acceptors (Lipinski definition) is 6. The highest BCUT2D eigenvalue weighted by Crippen LogP contribution is 2.35. The summed E-state index contributed by atoms with van der Waals surface area (Å²) in [5.41, 5.74) is 8.54. The fraction of sp³-hybridized carbons (Fsp3) is 0.360. The molecule has 3 N–H and O–H groups in total. The Morgan fingerprint density at radius 3 is 2.36 bits per heavy atom. The van der Waals surface area contributed by atoms with Crippen molar-refractivity contribution in [2.75, 3.05) is 6.54 Å². The van der Waals surface area contributed by atoms with Crippen LogP contribution in [0, 0.1) is 5.41 Å². The van der Waals surface area contributed by atoms with E-state index in [1.165, 1.54) is 0 Å². The molecule has 0 aliphatic carbocycles. The highest BCUT2D eigenvalue weighted by Gasteiger charge is 2.41. The van der Waals surface area contributed by atoms with Gasteiger partial charge in [-0.25, -0.2) is 10.2 Å². The number of allylic oxidation sites excluding steroid dienone is 1. The predicted octanol–water partition coefficient (Wildman–Crippen LogP) is 4.06. The van der Waals surface area contributed by atoms with Crippen LogP contribution in [0.25, 0.3) is 22.5 Å². The molecule has 0 fully saturated rings. The molecule has 2 aromatic carbocycles. The fourth-order valence-corrected chi connectivity index (χ4v) is 4.30. The molecule has 0 saturated heterocycles. The molecule has 1 unspecified atom stereocenters. The molecule has 33 heavy (non-hydrogen) atoms. The molecule has 0 saturated carbocycles. The number of aliphatic carboxylic acids is 1. The van der Waals surface area contributed by atoms with E-state index >= 15 is 0 Å². The first kappa shape index (κ1) is 22.7. The molecule has 0 bridgehead atoms. The van der Waals surface area contributed by atoms with E-state index in [0.29, 0.717) is 17.8 Å². The van der Waals surface area contributed by atoms with Crippen molar-refractivity contribution in [3.8, 4) is 22.5 Å². The van der Waals surface area contributed by atoms with Crippen LogP contribution < -0.4 is 5.43 Å². The number of carbonyl (C=O) groups is 1. The number of aromatic nitrogens is 4. The summed E-state index contributed by atoms with van der Waals surface area (Å²) in [6.07, 6.45) is 1.47. The SMILES string of the molecule is CCCN1NC(C(C)(C)C)C(C(=O)O)=C1Cc1ccc(-c2ccccc2-c2nn[nH]n2)cc1. The van der Waals surface area contributed by atoms with Crippen LogP contribution in [-0.4, -0.2) is 49.3 Å². The van der Waals surface area contributed by atoms with Gasteiger partial charge in [-0.1, -0.05) is 76.2 Å². The predicted molar refractivity (Wildman–Crippen MR) is 127 cm³/mol. The van der Waals surface area contributed by atoms with Gasteiger partial charge in [0.25, 0.3) is 0 Å². The van der Waals surface area contributed by atoms with E-state index in [1.807, 2.05) is 29.3 Å². The molecule has 0 radical (unpaired) electrons. The Morgan fingerprint density at radius 2 is 1.79 bits per heavy atom. The van der Waals surface area contributed by atoms with Gasteiger partial charge in [-0.15, -0.1) is 10.2 Å². The minimum atomic E-state index is -0.860. The van der Waals surface area contributed by atoms with Gasteiger partial charge in [-0.3, -0.25) is 0 Å². The van der Waals surface area contributed by atoms with E-state index in [2.05, 4.69) is 78.0 Å². The molecule has 1 aromatic heterocycles. The van der Waals surface area contributed by atoms with Gasteiger partial charge >= 0.3 is 5.97 Å². The standard InChI is InChI=1S/C25H30N6O2/c1-5-14-31-20(21(24(32)33)22(28-31)25(2,3)4)15-16-10-12-17(13-11-16)18-8-6-7-9-19(18)23-26-29-30-27-23/h6-13,22,28H,5,14-15H2,1-4H3,(H,32,33)(H,26,27,29,30). The summed E-state index contributed by atoms with van der Waals surface area (Å²) in [6, 6.07) is 15.9. The number of aromatic amines is 1. The van der Waals surface area contributed by atoms with Crippen LogP contribution in [0.4, 0.5) is 0 Å². The molecular weight excluding hydrogens is 416 g/mol. The fourth-order valence-electron chi connectivity index (χ4n) is 4.30. The molecule has 172 valence electrons. The number of rotatable bonds is 7. The summed E-state index contributed by atoms with van der Waals surface area (Å²) in [5.74, 6) is -0.312. The van der Waals surface area contributed by atoms with Crippen LogP contribution in [0.15, 0.2) is 59.8 Å². The molecule has 8 heteroatoms. The zero-order valence-corrected chi connectivity index (χ0v) is 19.5. The van der Waals surface area contributed by atoms with Crippen molar-refractivity contribution in [2.24, 2.45) is 5.41 Å². The first-order chi connectivity index (χ1) is 15.8. The molecule has 2 heterocycles. The highest BCUT2D eigenvalue weighted by atomic mass is 16.4. The molecule has 1 aliphatic rings. The van der Waals surface area contributed by atoms with Gasteiger partial charge in [0.1, 0.15) is 0 Å². The summed E-state index contributed by atoms with van der Waals surface area (Å²) in [5, 5.41) is 26.5. The number of nitrogens with one attached hydrogen (secondary N) is 2. The van der Waals surface area contributed by atoms with Crippen LogP contribution in [0.5, 0.6) is 0 Å². The third-order valence-corrected chi connectivity index (χ3v) is 5.90. The number of benzene rings is 2. The first-order valence-corrected chi connectivity index (χ1v) is 11.2. The van der Waals surface area contributed by atoms with E-state index < -0.39 is 5.97 Å². The number of carboxylic acids is 1. The largest absolute Gasteiger partial charge is 0.478 e. The Bertz CT molecular complexity index is 1150. The van der Waals surface area contributed by atoms with Gasteiger partial charge in [0, 0.05) is 24.2 Å². The molecule has 1 aliphatic heterocycles. The Morgan fingerprint density at radius 1 is 1.09 bits per heavy atom. The molecular formula is C25H30N6O2. The zero-order chi connectivity index (χ0) is 23.6. The average molecular weight is 447 g/mol. The van der Waals surface area contributed by atoms with Crippen LogP contribution in [-0.2, 0) is 11.2 Å². The van der Waals surface area contributed by atoms with Crippen molar-refractivity contribution < 1.29 is 9.90 Å². The second kappa shape index (κ2) is 9.15. The first-order valence-electron chi connectivity index (χ1n) is 11.2. The maximum absolute atomic E-state index is 12.3. The molecule has 3 aromatic rings. The van der Waals surface area contributed by atoms with Crippen molar-refractivity contribution in [1.82, 2.24) is 31.1 Å². The number of nitrogens with zero attached hydrogens (tertiary/aromatic N) is 4. The summed E-state index contributed by atoms with van der Waals surface area (Å²) in [4.78, 5) is 12.3. The number of H-pyrrole nitrogens is 1. The van der Waals surface area contributed by atoms with Gasteiger partial charge in [0.05, 0.1) is 11.6 Å². The minimum Gasteiger partial charge on any atom is -0.478 e. The van der Waals surface area contributed by atoms with Gasteiger partial charge in [0.15, 0.2) is 0 Å². The molecule has 0 amide bonds. The van der Waals surface area contributed by atoms with Crippen molar-refractivity contribution in [3.63, 3.8) is 0 Å². The Balaban J connectivity index is 1.66. The van der Waals surface area contributed by atoms with Crippen molar-refractivity contribution in [1.29, 1.82) is 0 Å². The third-order valence-electron chi connectivity index (χ3n) is 5.90. The second-order valence-electron chi connectivity index (χ2n) is 9.40. The van der Waals surface area contributed by atoms with Gasteiger partial charge in [-0.05, 0) is 33.7 Å². The van der Waals surface area contributed by atoms with Crippen molar-refractivity contribution >= 4 is 5.97 Å². The van der Waals surface area contributed by atoms with Crippen LogP contribution in [0.1, 0.15) is 39.7 Å². The smallest absolute Gasteiger partial charge is 0.335 e. The minimum absolute atomic E-state index is 0.218. The summed E-state index contributed by atoms with van der Waals surface area (Å²) < 4.78 is 0. The second-order valence-corrected chi connectivity index (χ2v) is 9.40. The van der Waals surface area contributed by atoms with E-state index in [0.717, 1.165) is 40.9 Å². The van der Waals surface area contributed by atoms with E-state index in [4.69, 9.17) is 0 Å². The highest BCUT2D eigenvalue weighted by molar-refractivity contribution is 5.90. The lowest BCUT2D eigenvalue weighted by molar-refractivity contribution is -0.133. The monoisotopic (exact) mass is 446 g/mol. The van der Waals surface area contributed by atoms with Crippen LogP contribution in [0.2, 0.25) is 0 Å². The number of carboxylic acid groups (broad SMARTS) is 1. The summed E-state index contributed by atoms with van der Waals surface area (Å²) in [6.45, 7) is 9.05. The molecule has 8 nitrogen and oxygen atoms in total. The lowest BCUT2D eigenvalue weighted by Crippen LogP contribution is -2.45. The van der Waals surface area contributed by atoms with Gasteiger partial charge in [-0.2, -0.15) is 5.21 Å². The Kier molecular flexibility index (Phi) is 6.29. The Hall–Kier alpha value is -3.52. The lowest BCUT2D eigenvalue weighted by atomic mass is 9.82. The van der Waals surface area contributed by atoms with Gasteiger partial charge in [0.2, 0.25) is 5.82 Å². The summed E-state index contributed by atoms with van der Waals surface area (Å²) in [7, 11) is 0. The summed E-state index contributed by atoms with van der Waals surface area (Å²) >= 11 is 0. The van der Waals surface area contributed by atoms with Crippen molar-refractivity contribution in [2.45, 2.75) is 46.6 Å². The molecule has 1 atom stereocenters. The number of hydrazine groups is 1. The van der Waals surface area contributed by atoms with Crippen molar-refractivity contribution in [3.05, 3.63) is 65.4 Å². The maximum Gasteiger partial charge on any atom is 0.335 e. The Labute approximate surface area is 193 Å². The molecule has 0 spiro atoms. The van der Waals surface area contributed by atoms with Crippen LogP contribution >= 0.6 is 0 Å². The average Bonchev–Trinajstić information content (AvgIpc) is 3.43. The van der Waals surface area contributed by atoms with Gasteiger partial charge < -0.3 is 10.1 Å². The topological polar surface area (TPSA) is 107 Å².